The molecule has 0 atom stereocenters. The van der Waals surface area contributed by atoms with Gasteiger partial charge in [0.2, 0.25) is 5.91 Å². The minimum absolute atomic E-state index is 0.0391. The van der Waals surface area contributed by atoms with Crippen molar-refractivity contribution in [3.05, 3.63) is 95.7 Å². The van der Waals surface area contributed by atoms with Crippen molar-refractivity contribution in [3.8, 4) is 16.9 Å². The summed E-state index contributed by atoms with van der Waals surface area (Å²) in [4.78, 5) is 31.5. The molecule has 0 saturated heterocycles. The first-order chi connectivity index (χ1) is 17.5. The Hall–Kier alpha value is -4.19. The van der Waals surface area contributed by atoms with Crippen molar-refractivity contribution in [3.63, 3.8) is 0 Å². The van der Waals surface area contributed by atoms with Crippen LogP contribution in [0.1, 0.15) is 30.7 Å². The minimum Gasteiger partial charge on any atom is -0.496 e. The van der Waals surface area contributed by atoms with Crippen molar-refractivity contribution >= 4 is 22.8 Å². The van der Waals surface area contributed by atoms with E-state index in [0.717, 1.165) is 38.9 Å². The summed E-state index contributed by atoms with van der Waals surface area (Å²) >= 11 is 0. The Kier molecular flexibility index (Phi) is 7.95. The minimum atomic E-state index is -0.281. The fourth-order valence-corrected chi connectivity index (χ4v) is 4.23. The van der Waals surface area contributed by atoms with Gasteiger partial charge in [0.15, 0.2) is 0 Å². The van der Waals surface area contributed by atoms with Gasteiger partial charge in [0, 0.05) is 30.0 Å². The predicted octanol–water partition coefficient (Wildman–Crippen LogP) is 5.56. The second kappa shape index (κ2) is 11.5. The maximum absolute atomic E-state index is 12.6. The molecular weight excluding hydrogens is 452 g/mol. The van der Waals surface area contributed by atoms with Gasteiger partial charge >= 0.3 is 5.97 Å². The Morgan fingerprint density at radius 2 is 1.61 bits per heavy atom. The smallest absolute Gasteiger partial charge is 0.310 e. The van der Waals surface area contributed by atoms with Crippen LogP contribution in [0.15, 0.2) is 78.9 Å². The number of carbonyl (C=O) groups excluding carboxylic acids is 2. The van der Waals surface area contributed by atoms with Crippen LogP contribution >= 0.6 is 0 Å². The lowest BCUT2D eigenvalue weighted by molar-refractivity contribution is -0.142. The third-order valence-electron chi connectivity index (χ3n) is 6.01. The molecule has 3 aromatic carbocycles. The molecule has 6 heteroatoms. The molecule has 0 radical (unpaired) electrons. The predicted molar refractivity (Wildman–Crippen MR) is 140 cm³/mol. The second-order valence-electron chi connectivity index (χ2n) is 8.55. The number of hydrogen-bond acceptors (Lipinski definition) is 5. The van der Waals surface area contributed by atoms with E-state index in [9.17, 15) is 9.59 Å². The van der Waals surface area contributed by atoms with Gasteiger partial charge in [-0.1, -0.05) is 54.6 Å². The van der Waals surface area contributed by atoms with E-state index in [1.54, 1.807) is 25.9 Å². The van der Waals surface area contributed by atoms with Gasteiger partial charge in [0.1, 0.15) is 5.75 Å². The van der Waals surface area contributed by atoms with Crippen molar-refractivity contribution in [2.75, 3.05) is 13.7 Å². The van der Waals surface area contributed by atoms with Gasteiger partial charge < -0.3 is 14.4 Å². The lowest BCUT2D eigenvalue weighted by atomic mass is 9.97. The number of para-hydroxylation sites is 1. The molecule has 1 amide bonds. The summed E-state index contributed by atoms with van der Waals surface area (Å²) in [5.74, 6) is 0.345. The third kappa shape index (κ3) is 5.89. The SMILES string of the molecule is CCOC(=O)Cc1ccc(OC)c(-c2cc3ccccc3nc2CN(Cc2ccccc2)C(C)=O)c1. The highest BCUT2D eigenvalue weighted by Crippen LogP contribution is 2.35. The first-order valence-corrected chi connectivity index (χ1v) is 12.0. The van der Waals surface area contributed by atoms with E-state index in [0.29, 0.717) is 25.4 Å². The number of esters is 1. The summed E-state index contributed by atoms with van der Waals surface area (Å²) in [5, 5.41) is 0.978. The molecule has 0 aliphatic heterocycles. The quantitative estimate of drug-likeness (QED) is 0.292. The molecule has 36 heavy (non-hydrogen) atoms. The normalized spacial score (nSPS) is 10.8. The largest absolute Gasteiger partial charge is 0.496 e. The van der Waals surface area contributed by atoms with Gasteiger partial charge in [-0.3, -0.25) is 14.6 Å². The Labute approximate surface area is 211 Å². The number of fused-ring (bicyclic) bond motifs is 1. The number of amides is 1. The zero-order valence-electron chi connectivity index (χ0n) is 20.9. The monoisotopic (exact) mass is 482 g/mol. The van der Waals surface area contributed by atoms with E-state index in [1.807, 2.05) is 72.8 Å². The molecule has 6 nitrogen and oxygen atoms in total. The van der Waals surface area contributed by atoms with E-state index in [-0.39, 0.29) is 18.3 Å². The highest BCUT2D eigenvalue weighted by atomic mass is 16.5. The average molecular weight is 483 g/mol. The highest BCUT2D eigenvalue weighted by molar-refractivity contribution is 5.87. The molecule has 0 fully saturated rings. The number of rotatable bonds is 9. The number of ether oxygens (including phenoxy) is 2. The average Bonchev–Trinajstić information content (AvgIpc) is 2.88. The van der Waals surface area contributed by atoms with Crippen LogP contribution in [-0.2, 0) is 33.8 Å². The van der Waals surface area contributed by atoms with Gasteiger partial charge in [-0.25, -0.2) is 0 Å². The van der Waals surface area contributed by atoms with Crippen LogP contribution in [0.3, 0.4) is 0 Å². The lowest BCUT2D eigenvalue weighted by Gasteiger charge is -2.23. The Morgan fingerprint density at radius 3 is 2.33 bits per heavy atom. The Bertz CT molecular complexity index is 1370. The number of pyridine rings is 1. The number of methoxy groups -OCH3 is 1. The first-order valence-electron chi connectivity index (χ1n) is 12.0. The van der Waals surface area contributed by atoms with Crippen molar-refractivity contribution in [1.82, 2.24) is 9.88 Å². The Balaban J connectivity index is 1.80. The molecule has 0 saturated carbocycles. The molecule has 1 aromatic heterocycles. The molecule has 0 bridgehead atoms. The molecule has 1 heterocycles. The summed E-state index contributed by atoms with van der Waals surface area (Å²) in [5.41, 5.74) is 5.14. The van der Waals surface area contributed by atoms with Crippen LogP contribution < -0.4 is 4.74 Å². The summed E-state index contributed by atoms with van der Waals surface area (Å²) in [6.45, 7) is 4.51. The van der Waals surface area contributed by atoms with Gasteiger partial charge in [0.05, 0.1) is 37.9 Å². The number of aromatic nitrogens is 1. The summed E-state index contributed by atoms with van der Waals surface area (Å²) in [6.07, 6.45) is 0.161. The molecule has 0 aliphatic rings. The zero-order valence-corrected chi connectivity index (χ0v) is 20.9. The van der Waals surface area contributed by atoms with Crippen molar-refractivity contribution in [2.45, 2.75) is 33.4 Å². The van der Waals surface area contributed by atoms with Crippen LogP contribution in [0.4, 0.5) is 0 Å². The molecule has 4 aromatic rings. The van der Waals surface area contributed by atoms with Gasteiger partial charge in [-0.05, 0) is 42.3 Å². The molecule has 0 spiro atoms. The summed E-state index contributed by atoms with van der Waals surface area (Å²) in [7, 11) is 1.62. The molecule has 0 unspecified atom stereocenters. The van der Waals surface area contributed by atoms with E-state index in [2.05, 4.69) is 6.07 Å². The number of benzene rings is 3. The summed E-state index contributed by atoms with van der Waals surface area (Å²) in [6, 6.07) is 25.5. The van der Waals surface area contributed by atoms with Gasteiger partial charge in [-0.15, -0.1) is 0 Å². The maximum atomic E-state index is 12.6. The fraction of sp³-hybridized carbons (Fsp3) is 0.233. The zero-order chi connectivity index (χ0) is 25.5. The standard InChI is InChI=1S/C30H30N2O4/c1-4-36-30(34)17-23-14-15-29(35-3)26(16-23)25-18-24-12-8-9-13-27(24)31-28(25)20-32(21(2)33)19-22-10-6-5-7-11-22/h5-16,18H,4,17,19-20H2,1-3H3. The second-order valence-corrected chi connectivity index (χ2v) is 8.55. The molecule has 184 valence electrons. The number of hydrogen-bond donors (Lipinski definition) is 0. The first kappa shape index (κ1) is 24.9. The van der Waals surface area contributed by atoms with E-state index >= 15 is 0 Å². The van der Waals surface area contributed by atoms with Gasteiger partial charge in [-0.2, -0.15) is 0 Å². The van der Waals surface area contributed by atoms with Crippen LogP contribution in [-0.4, -0.2) is 35.5 Å². The summed E-state index contributed by atoms with van der Waals surface area (Å²) < 4.78 is 10.8. The third-order valence-corrected chi connectivity index (χ3v) is 6.01. The van der Waals surface area contributed by atoms with Crippen LogP contribution in [0.5, 0.6) is 5.75 Å². The van der Waals surface area contributed by atoms with Crippen molar-refractivity contribution in [2.24, 2.45) is 0 Å². The van der Waals surface area contributed by atoms with Crippen molar-refractivity contribution < 1.29 is 19.1 Å². The van der Waals surface area contributed by atoms with Crippen LogP contribution in [0.2, 0.25) is 0 Å². The number of carbonyl (C=O) groups is 2. The lowest BCUT2D eigenvalue weighted by Crippen LogP contribution is -2.28. The van der Waals surface area contributed by atoms with Gasteiger partial charge in [0.25, 0.3) is 0 Å². The molecule has 0 N–H and O–H groups in total. The van der Waals surface area contributed by atoms with Crippen molar-refractivity contribution in [1.29, 1.82) is 0 Å². The molecule has 0 aliphatic carbocycles. The number of nitrogens with zero attached hydrogens (tertiary/aromatic N) is 2. The molecule has 4 rings (SSSR count). The Morgan fingerprint density at radius 1 is 0.861 bits per heavy atom. The van der Waals surface area contributed by atoms with Crippen LogP contribution in [0.25, 0.3) is 22.0 Å². The maximum Gasteiger partial charge on any atom is 0.310 e. The van der Waals surface area contributed by atoms with E-state index < -0.39 is 0 Å². The van der Waals surface area contributed by atoms with E-state index in [1.165, 1.54) is 0 Å². The topological polar surface area (TPSA) is 68.7 Å². The van der Waals surface area contributed by atoms with Crippen LogP contribution in [0, 0.1) is 0 Å². The fourth-order valence-electron chi connectivity index (χ4n) is 4.23. The van der Waals surface area contributed by atoms with E-state index in [4.69, 9.17) is 14.5 Å². The molecular formula is C30H30N2O4. The highest BCUT2D eigenvalue weighted by Gasteiger charge is 2.19.